The third-order valence-electron chi connectivity index (χ3n) is 4.96. The highest BCUT2D eigenvalue weighted by molar-refractivity contribution is 6.09. The van der Waals surface area contributed by atoms with Crippen molar-refractivity contribution in [2.45, 2.75) is 37.6 Å². The Morgan fingerprint density at radius 2 is 1.63 bits per heavy atom. The predicted octanol–water partition coefficient (Wildman–Crippen LogP) is 3.31. The fourth-order valence-electron chi connectivity index (χ4n) is 3.30. The fourth-order valence-corrected chi connectivity index (χ4v) is 3.30. The monoisotopic (exact) mass is 419 g/mol. The van der Waals surface area contributed by atoms with E-state index in [2.05, 4.69) is 0 Å². The van der Waals surface area contributed by atoms with Gasteiger partial charge in [0, 0.05) is 6.42 Å². The van der Waals surface area contributed by atoms with E-state index in [-0.39, 0.29) is 12.8 Å². The molecule has 0 bridgehead atoms. The number of alkyl halides is 3. The second-order valence-electron chi connectivity index (χ2n) is 6.97. The Hall–Kier alpha value is -3.36. The first-order valence-corrected chi connectivity index (χ1v) is 9.28. The number of hydrogen-bond acceptors (Lipinski definition) is 3. The Bertz CT molecular complexity index is 935. The minimum Gasteiger partial charge on any atom is -0.318 e. The molecule has 6 nitrogen and oxygen atoms in total. The van der Waals surface area contributed by atoms with E-state index in [0.29, 0.717) is 10.5 Å². The van der Waals surface area contributed by atoms with Crippen molar-refractivity contribution in [3.8, 4) is 0 Å². The van der Waals surface area contributed by atoms with Crippen molar-refractivity contribution in [3.63, 3.8) is 0 Å². The summed E-state index contributed by atoms with van der Waals surface area (Å²) in [5, 5.41) is 3.40. The number of nitrogens with one attached hydrogen (secondary N) is 2. The van der Waals surface area contributed by atoms with E-state index in [4.69, 9.17) is 0 Å². The number of nitrogens with zero attached hydrogens (tertiary/aromatic N) is 1. The number of carbonyl (C=O) groups is 3. The number of halogens is 3. The lowest BCUT2D eigenvalue weighted by Crippen LogP contribution is -2.69. The van der Waals surface area contributed by atoms with E-state index in [0.717, 1.165) is 5.56 Å². The molecule has 4 amide bonds. The van der Waals surface area contributed by atoms with Gasteiger partial charge in [-0.2, -0.15) is 13.2 Å². The molecule has 0 unspecified atom stereocenters. The van der Waals surface area contributed by atoms with Gasteiger partial charge in [-0.05, 0) is 24.5 Å². The largest absolute Gasteiger partial charge is 0.440 e. The molecule has 3 rings (SSSR count). The molecule has 0 radical (unpaired) electrons. The van der Waals surface area contributed by atoms with Gasteiger partial charge in [0.05, 0.1) is 6.04 Å². The lowest BCUT2D eigenvalue weighted by molar-refractivity contribution is -0.204. The van der Waals surface area contributed by atoms with E-state index in [1.165, 1.54) is 6.92 Å². The molecule has 2 aromatic rings. The molecule has 1 aliphatic heterocycles. The van der Waals surface area contributed by atoms with Crippen molar-refractivity contribution in [2.75, 3.05) is 0 Å². The minimum absolute atomic E-state index is 0.187. The number of hydrogen-bond donors (Lipinski definition) is 2. The van der Waals surface area contributed by atoms with Crippen molar-refractivity contribution in [1.82, 2.24) is 15.5 Å². The molecule has 2 N–H and O–H groups in total. The smallest absolute Gasteiger partial charge is 0.318 e. The van der Waals surface area contributed by atoms with Gasteiger partial charge in [-0.3, -0.25) is 19.8 Å². The molecule has 9 heteroatoms. The van der Waals surface area contributed by atoms with Crippen LogP contribution in [0.3, 0.4) is 0 Å². The lowest BCUT2D eigenvalue weighted by Gasteiger charge is -2.30. The third-order valence-corrected chi connectivity index (χ3v) is 4.96. The molecule has 1 saturated heterocycles. The van der Waals surface area contributed by atoms with Crippen LogP contribution in [0.2, 0.25) is 0 Å². The summed E-state index contributed by atoms with van der Waals surface area (Å²) >= 11 is 0. The zero-order valence-corrected chi connectivity index (χ0v) is 16.1. The SMILES string of the molecule is C[C@@H](c1ccccc1)N1C(=O)N[C@@](NC(=O)CCc2ccccc2)(C(F)(F)F)C1=O. The van der Waals surface area contributed by atoms with Crippen molar-refractivity contribution in [2.24, 2.45) is 0 Å². The molecule has 2 atom stereocenters. The number of amides is 4. The Kier molecular flexibility index (Phi) is 5.82. The van der Waals surface area contributed by atoms with Gasteiger partial charge < -0.3 is 5.32 Å². The van der Waals surface area contributed by atoms with Crippen LogP contribution in [0, 0.1) is 0 Å². The van der Waals surface area contributed by atoms with Gasteiger partial charge in [0.2, 0.25) is 5.91 Å². The molecule has 1 heterocycles. The quantitative estimate of drug-likeness (QED) is 0.706. The van der Waals surface area contributed by atoms with Gasteiger partial charge in [0.15, 0.2) is 0 Å². The number of urea groups is 1. The number of aryl methyl sites for hydroxylation is 1. The van der Waals surface area contributed by atoms with Gasteiger partial charge in [-0.15, -0.1) is 0 Å². The van der Waals surface area contributed by atoms with Crippen molar-refractivity contribution >= 4 is 17.8 Å². The summed E-state index contributed by atoms with van der Waals surface area (Å²) < 4.78 is 41.8. The van der Waals surface area contributed by atoms with E-state index >= 15 is 0 Å². The Balaban J connectivity index is 1.82. The molecule has 30 heavy (non-hydrogen) atoms. The van der Waals surface area contributed by atoms with Gasteiger partial charge in [-0.25, -0.2) is 4.79 Å². The van der Waals surface area contributed by atoms with Gasteiger partial charge in [0.25, 0.3) is 11.6 Å². The average Bonchev–Trinajstić information content (AvgIpc) is 2.97. The zero-order chi connectivity index (χ0) is 21.9. The summed E-state index contributed by atoms with van der Waals surface area (Å²) in [6.45, 7) is 1.44. The van der Waals surface area contributed by atoms with Crippen molar-refractivity contribution in [1.29, 1.82) is 0 Å². The number of rotatable bonds is 6. The van der Waals surface area contributed by atoms with Crippen LogP contribution in [0.5, 0.6) is 0 Å². The maximum atomic E-state index is 13.9. The molecule has 0 spiro atoms. The summed E-state index contributed by atoms with van der Waals surface area (Å²) in [4.78, 5) is 38.0. The number of carbonyl (C=O) groups excluding carboxylic acids is 3. The van der Waals surface area contributed by atoms with Crippen LogP contribution < -0.4 is 10.6 Å². The standard InChI is InChI=1S/C21H20F3N3O3/c1-14(16-10-6-3-7-11-16)27-18(29)20(21(22,23)24,26-19(27)30)25-17(28)13-12-15-8-4-2-5-9-15/h2-11,14H,12-13H2,1H3,(H,25,28)(H,26,30)/t14-,20+/m0/s1. The highest BCUT2D eigenvalue weighted by atomic mass is 19.4. The molecule has 1 aliphatic rings. The lowest BCUT2D eigenvalue weighted by atomic mass is 10.0. The maximum Gasteiger partial charge on any atom is 0.440 e. The second kappa shape index (κ2) is 8.17. The van der Waals surface area contributed by atoms with E-state index in [9.17, 15) is 27.6 Å². The molecule has 158 valence electrons. The van der Waals surface area contributed by atoms with Crippen molar-refractivity contribution in [3.05, 3.63) is 71.8 Å². The molecule has 0 aromatic heterocycles. The summed E-state index contributed by atoms with van der Waals surface area (Å²) in [6.07, 6.45) is -5.32. The molecule has 0 saturated carbocycles. The van der Waals surface area contributed by atoms with Crippen LogP contribution in [0.15, 0.2) is 60.7 Å². The van der Waals surface area contributed by atoms with E-state index in [1.807, 2.05) is 0 Å². The van der Waals surface area contributed by atoms with Crippen LogP contribution in [0.25, 0.3) is 0 Å². The van der Waals surface area contributed by atoms with Crippen molar-refractivity contribution < 1.29 is 27.6 Å². The second-order valence-corrected chi connectivity index (χ2v) is 6.97. The van der Waals surface area contributed by atoms with Crippen LogP contribution in [0.1, 0.15) is 30.5 Å². The van der Waals surface area contributed by atoms with Gasteiger partial charge >= 0.3 is 12.2 Å². The first kappa shape index (κ1) is 21.4. The molecular formula is C21H20F3N3O3. The van der Waals surface area contributed by atoms with E-state index in [1.54, 1.807) is 71.3 Å². The fraction of sp³-hybridized carbons (Fsp3) is 0.286. The van der Waals surface area contributed by atoms with Crippen LogP contribution in [-0.2, 0) is 16.0 Å². The highest BCUT2D eigenvalue weighted by Crippen LogP contribution is 2.37. The Morgan fingerprint density at radius 1 is 1.07 bits per heavy atom. The number of imide groups is 1. The van der Waals surface area contributed by atoms with Crippen LogP contribution in [-0.4, -0.2) is 34.6 Å². The number of benzene rings is 2. The first-order valence-electron chi connectivity index (χ1n) is 9.28. The molecule has 2 aromatic carbocycles. The van der Waals surface area contributed by atoms with E-state index < -0.39 is 35.7 Å². The summed E-state index contributed by atoms with van der Waals surface area (Å²) in [6, 6.07) is 14.7. The normalized spacial score (nSPS) is 20.1. The van der Waals surface area contributed by atoms with Gasteiger partial charge in [0.1, 0.15) is 0 Å². The highest BCUT2D eigenvalue weighted by Gasteiger charge is 2.69. The average molecular weight is 419 g/mol. The minimum atomic E-state index is -5.23. The third kappa shape index (κ3) is 4.00. The molecule has 0 aliphatic carbocycles. The van der Waals surface area contributed by atoms with Crippen LogP contribution in [0.4, 0.5) is 18.0 Å². The first-order chi connectivity index (χ1) is 14.2. The predicted molar refractivity (Wildman–Crippen MR) is 102 cm³/mol. The van der Waals surface area contributed by atoms with Gasteiger partial charge in [-0.1, -0.05) is 60.7 Å². The summed E-state index contributed by atoms with van der Waals surface area (Å²) in [5.74, 6) is -2.57. The molecular weight excluding hydrogens is 399 g/mol. The summed E-state index contributed by atoms with van der Waals surface area (Å²) in [7, 11) is 0. The summed E-state index contributed by atoms with van der Waals surface area (Å²) in [5.41, 5.74) is -2.26. The Morgan fingerprint density at radius 3 is 2.20 bits per heavy atom. The topological polar surface area (TPSA) is 78.5 Å². The maximum absolute atomic E-state index is 13.9. The van der Waals surface area contributed by atoms with Crippen LogP contribution >= 0.6 is 0 Å². The molecule has 1 fully saturated rings. The Labute approximate surface area is 171 Å². The zero-order valence-electron chi connectivity index (χ0n) is 16.1.